The molecule has 3 aromatic rings. The molecule has 1 heterocycles. The van der Waals surface area contributed by atoms with Gasteiger partial charge in [0.25, 0.3) is 0 Å². The summed E-state index contributed by atoms with van der Waals surface area (Å²) in [6.45, 7) is 12.4. The lowest BCUT2D eigenvalue weighted by Crippen LogP contribution is -2.61. The first-order valence-corrected chi connectivity index (χ1v) is 8.93. The molecule has 1 aliphatic rings. The Labute approximate surface area is 146 Å². The van der Waals surface area contributed by atoms with Gasteiger partial charge in [0, 0.05) is 0 Å². The lowest BCUT2D eigenvalue weighted by atomic mass is 9.17. The number of rotatable bonds is 1. The van der Waals surface area contributed by atoms with Gasteiger partial charge in [-0.1, -0.05) is 99.4 Å². The third-order valence-electron chi connectivity index (χ3n) is 6.09. The molecule has 1 heteroatoms. The second kappa shape index (κ2) is 4.99. The number of aryl methyl sites for hydroxylation is 1. The van der Waals surface area contributed by atoms with Gasteiger partial charge in [0.05, 0.1) is 0 Å². The van der Waals surface area contributed by atoms with Gasteiger partial charge in [-0.2, -0.15) is 0 Å². The Bertz CT molecular complexity index is 919. The van der Waals surface area contributed by atoms with Crippen molar-refractivity contribution in [3.63, 3.8) is 0 Å². The molecule has 120 valence electrons. The lowest BCUT2D eigenvalue weighted by molar-refractivity contribution is 0.636. The molecule has 0 bridgehead atoms. The zero-order chi connectivity index (χ0) is 17.1. The topological polar surface area (TPSA) is 0 Å². The van der Waals surface area contributed by atoms with Crippen LogP contribution in [0.2, 0.25) is 0 Å². The second-order valence-electron chi connectivity index (χ2n) is 8.50. The molecule has 0 spiro atoms. The molecule has 0 aliphatic carbocycles. The zero-order valence-electron chi connectivity index (χ0n) is 15.4. The fourth-order valence-corrected chi connectivity index (χ4v) is 5.31. The first kappa shape index (κ1) is 15.5. The summed E-state index contributed by atoms with van der Waals surface area (Å²) >= 11 is 0. The Morgan fingerprint density at radius 2 is 1.38 bits per heavy atom. The van der Waals surface area contributed by atoms with Crippen LogP contribution in [0.4, 0.5) is 0 Å². The standard InChI is InChI=1S/C23H25B/c1-16-14-17-10-9-13-19-21(17)20(15-16)23(4,5)24(22(19,2)3)18-11-7-6-8-12-18/h6-15H,1-5H3. The summed E-state index contributed by atoms with van der Waals surface area (Å²) in [5.41, 5.74) is 5.79. The Balaban J connectivity index is 2.12. The maximum atomic E-state index is 2.43. The van der Waals surface area contributed by atoms with Crippen LogP contribution in [0.1, 0.15) is 44.4 Å². The Kier molecular flexibility index (Phi) is 3.22. The Morgan fingerprint density at radius 3 is 2.08 bits per heavy atom. The predicted molar refractivity (Wildman–Crippen MR) is 107 cm³/mol. The SMILES string of the molecule is Cc1cc2c3c(cccc3c1)C(C)(C)B(c1ccccc1)C2(C)C. The largest absolute Gasteiger partial charge is 0.196 e. The maximum Gasteiger partial charge on any atom is 0.196 e. The van der Waals surface area contributed by atoms with Gasteiger partial charge in [0.15, 0.2) is 6.71 Å². The van der Waals surface area contributed by atoms with E-state index in [0.717, 1.165) is 0 Å². The van der Waals surface area contributed by atoms with Crippen molar-refractivity contribution in [2.75, 3.05) is 0 Å². The average molecular weight is 312 g/mol. The van der Waals surface area contributed by atoms with Crippen molar-refractivity contribution in [1.29, 1.82) is 0 Å². The third-order valence-corrected chi connectivity index (χ3v) is 6.09. The summed E-state index contributed by atoms with van der Waals surface area (Å²) in [5.74, 6) is 0. The van der Waals surface area contributed by atoms with E-state index in [1.54, 1.807) is 0 Å². The van der Waals surface area contributed by atoms with Crippen LogP contribution in [0.25, 0.3) is 10.8 Å². The lowest BCUT2D eigenvalue weighted by Gasteiger charge is -2.48. The monoisotopic (exact) mass is 312 g/mol. The molecule has 0 atom stereocenters. The van der Waals surface area contributed by atoms with Crippen LogP contribution in [0, 0.1) is 6.92 Å². The van der Waals surface area contributed by atoms with E-state index in [-0.39, 0.29) is 10.6 Å². The summed E-state index contributed by atoms with van der Waals surface area (Å²) in [7, 11) is 0. The van der Waals surface area contributed by atoms with Gasteiger partial charge in [-0.15, -0.1) is 0 Å². The summed E-state index contributed by atoms with van der Waals surface area (Å²) in [5, 5.41) is 3.04. The van der Waals surface area contributed by atoms with E-state index in [1.807, 2.05) is 0 Å². The summed E-state index contributed by atoms with van der Waals surface area (Å²) in [6.07, 6.45) is 0. The van der Waals surface area contributed by atoms with E-state index >= 15 is 0 Å². The normalized spacial score (nSPS) is 18.0. The predicted octanol–water partition coefficient (Wildman–Crippen LogP) is 5.20. The minimum absolute atomic E-state index is 0.0868. The van der Waals surface area contributed by atoms with Crippen molar-refractivity contribution in [3.05, 3.63) is 77.4 Å². The summed E-state index contributed by atoms with van der Waals surface area (Å²) in [4.78, 5) is 0. The van der Waals surface area contributed by atoms with Crippen LogP contribution in [-0.4, -0.2) is 6.71 Å². The van der Waals surface area contributed by atoms with Gasteiger partial charge in [-0.3, -0.25) is 0 Å². The number of hydrogen-bond acceptors (Lipinski definition) is 0. The first-order valence-electron chi connectivity index (χ1n) is 8.93. The fraction of sp³-hybridized carbons (Fsp3) is 0.304. The Morgan fingerprint density at radius 1 is 0.708 bits per heavy atom. The van der Waals surface area contributed by atoms with Crippen molar-refractivity contribution < 1.29 is 0 Å². The average Bonchev–Trinajstić information content (AvgIpc) is 2.53. The van der Waals surface area contributed by atoms with Crippen LogP contribution < -0.4 is 5.46 Å². The second-order valence-corrected chi connectivity index (χ2v) is 8.50. The van der Waals surface area contributed by atoms with Crippen molar-refractivity contribution >= 4 is 22.9 Å². The zero-order valence-corrected chi connectivity index (χ0v) is 15.4. The van der Waals surface area contributed by atoms with E-state index < -0.39 is 0 Å². The molecule has 0 nitrogen and oxygen atoms in total. The van der Waals surface area contributed by atoms with Crippen LogP contribution >= 0.6 is 0 Å². The van der Waals surface area contributed by atoms with Crippen LogP contribution in [0.3, 0.4) is 0 Å². The highest BCUT2D eigenvalue weighted by Gasteiger charge is 2.51. The van der Waals surface area contributed by atoms with E-state index in [1.165, 1.54) is 32.9 Å². The molecular weight excluding hydrogens is 287 g/mol. The van der Waals surface area contributed by atoms with E-state index in [4.69, 9.17) is 0 Å². The molecule has 0 saturated carbocycles. The van der Waals surface area contributed by atoms with Crippen molar-refractivity contribution in [1.82, 2.24) is 0 Å². The minimum Gasteiger partial charge on any atom is -0.0782 e. The summed E-state index contributed by atoms with van der Waals surface area (Å²) < 4.78 is 0. The molecule has 0 saturated heterocycles. The molecule has 0 N–H and O–H groups in total. The molecular formula is C23H25B. The molecule has 0 amide bonds. The van der Waals surface area contributed by atoms with Crippen molar-refractivity contribution in [2.45, 2.75) is 45.2 Å². The van der Waals surface area contributed by atoms with Gasteiger partial charge in [-0.05, 0) is 39.5 Å². The van der Waals surface area contributed by atoms with Crippen molar-refractivity contribution in [3.8, 4) is 0 Å². The molecule has 0 fully saturated rings. The van der Waals surface area contributed by atoms with Crippen LogP contribution in [0.5, 0.6) is 0 Å². The van der Waals surface area contributed by atoms with Crippen LogP contribution in [0.15, 0.2) is 60.7 Å². The van der Waals surface area contributed by atoms with Gasteiger partial charge in [0.2, 0.25) is 0 Å². The van der Waals surface area contributed by atoms with E-state index in [0.29, 0.717) is 6.71 Å². The summed E-state index contributed by atoms with van der Waals surface area (Å²) in [6, 6.07) is 22.6. The molecule has 1 aliphatic heterocycles. The highest BCUT2D eigenvalue weighted by atomic mass is 14.4. The highest BCUT2D eigenvalue weighted by molar-refractivity contribution is 6.79. The maximum absolute atomic E-state index is 2.43. The van der Waals surface area contributed by atoms with Gasteiger partial charge >= 0.3 is 0 Å². The molecule has 0 radical (unpaired) electrons. The van der Waals surface area contributed by atoms with E-state index in [9.17, 15) is 0 Å². The molecule has 3 aromatic carbocycles. The first-order chi connectivity index (χ1) is 11.3. The smallest absolute Gasteiger partial charge is 0.0782 e. The van der Waals surface area contributed by atoms with Gasteiger partial charge in [0.1, 0.15) is 0 Å². The molecule has 4 rings (SSSR count). The fourth-order valence-electron chi connectivity index (χ4n) is 5.31. The molecule has 0 aromatic heterocycles. The molecule has 24 heavy (non-hydrogen) atoms. The third kappa shape index (κ3) is 2.00. The number of hydrogen-bond donors (Lipinski definition) is 0. The quantitative estimate of drug-likeness (QED) is 0.542. The van der Waals surface area contributed by atoms with Gasteiger partial charge < -0.3 is 0 Å². The van der Waals surface area contributed by atoms with Crippen molar-refractivity contribution in [2.24, 2.45) is 0 Å². The molecule has 0 unspecified atom stereocenters. The van der Waals surface area contributed by atoms with E-state index in [2.05, 4.69) is 95.3 Å². The van der Waals surface area contributed by atoms with Gasteiger partial charge in [-0.25, -0.2) is 0 Å². The minimum atomic E-state index is 0.0868. The Hall–Kier alpha value is -2.02. The van der Waals surface area contributed by atoms with Crippen LogP contribution in [-0.2, 0) is 10.6 Å². The number of benzene rings is 3. The highest BCUT2D eigenvalue weighted by Crippen LogP contribution is 2.48.